The first-order chi connectivity index (χ1) is 10.1. The van der Waals surface area contributed by atoms with E-state index in [2.05, 4.69) is 10.6 Å². The summed E-state index contributed by atoms with van der Waals surface area (Å²) >= 11 is 11.9. The van der Waals surface area contributed by atoms with E-state index in [1.807, 2.05) is 32.9 Å². The number of anilines is 1. The first kappa shape index (κ1) is 17.1. The van der Waals surface area contributed by atoms with Gasteiger partial charge < -0.3 is 10.6 Å². The van der Waals surface area contributed by atoms with Gasteiger partial charge in [-0.1, -0.05) is 17.7 Å². The van der Waals surface area contributed by atoms with Gasteiger partial charge in [0.25, 0.3) is 0 Å². The Bertz CT molecular complexity index is 620. The molecule has 0 heterocycles. The first-order valence-electron chi connectivity index (χ1n) is 7.11. The van der Waals surface area contributed by atoms with Crippen molar-refractivity contribution in [1.82, 2.24) is 5.32 Å². The SMILES string of the molecule is Cc1cc(C)c(NC(=O)CNC(=O)[C@@]2(C)CC2(Cl)Cl)c(C)c1. The van der Waals surface area contributed by atoms with Crippen LogP contribution in [0.15, 0.2) is 12.1 Å². The lowest BCUT2D eigenvalue weighted by molar-refractivity contribution is -0.127. The second-order valence-corrected chi connectivity index (χ2v) is 7.70. The average Bonchev–Trinajstić information content (AvgIpc) is 2.91. The molecule has 4 nitrogen and oxygen atoms in total. The van der Waals surface area contributed by atoms with Crippen molar-refractivity contribution >= 4 is 40.7 Å². The van der Waals surface area contributed by atoms with Gasteiger partial charge >= 0.3 is 0 Å². The maximum atomic E-state index is 12.0. The fourth-order valence-corrected chi connectivity index (χ4v) is 3.27. The molecule has 1 aliphatic carbocycles. The highest BCUT2D eigenvalue weighted by molar-refractivity contribution is 6.53. The summed E-state index contributed by atoms with van der Waals surface area (Å²) in [6, 6.07) is 4.00. The predicted octanol–water partition coefficient (Wildman–Crippen LogP) is 3.25. The molecular formula is C16H20Cl2N2O2. The predicted molar refractivity (Wildman–Crippen MR) is 89.5 cm³/mol. The van der Waals surface area contributed by atoms with Crippen molar-refractivity contribution in [3.8, 4) is 0 Å². The quantitative estimate of drug-likeness (QED) is 0.825. The minimum absolute atomic E-state index is 0.106. The molecule has 120 valence electrons. The Kier molecular flexibility index (Phi) is 4.46. The molecular weight excluding hydrogens is 323 g/mol. The van der Waals surface area contributed by atoms with E-state index in [0.29, 0.717) is 6.42 Å². The number of amides is 2. The van der Waals surface area contributed by atoms with Gasteiger partial charge in [-0.05, 0) is 45.2 Å². The van der Waals surface area contributed by atoms with E-state index < -0.39 is 9.75 Å². The second-order valence-electron chi connectivity index (χ2n) is 6.22. The van der Waals surface area contributed by atoms with Crippen LogP contribution in [0.25, 0.3) is 0 Å². The van der Waals surface area contributed by atoms with Gasteiger partial charge in [-0.15, -0.1) is 23.2 Å². The van der Waals surface area contributed by atoms with Gasteiger partial charge in [-0.2, -0.15) is 0 Å². The number of aryl methyl sites for hydroxylation is 3. The van der Waals surface area contributed by atoms with Crippen LogP contribution < -0.4 is 10.6 Å². The average molecular weight is 343 g/mol. The van der Waals surface area contributed by atoms with E-state index in [-0.39, 0.29) is 18.4 Å². The molecule has 1 fully saturated rings. The van der Waals surface area contributed by atoms with Crippen molar-refractivity contribution in [1.29, 1.82) is 0 Å². The third-order valence-electron chi connectivity index (χ3n) is 4.11. The van der Waals surface area contributed by atoms with Gasteiger partial charge in [0.15, 0.2) is 0 Å². The minimum Gasteiger partial charge on any atom is -0.346 e. The summed E-state index contributed by atoms with van der Waals surface area (Å²) in [5.41, 5.74) is 3.10. The molecule has 2 amide bonds. The van der Waals surface area contributed by atoms with Gasteiger partial charge in [0.2, 0.25) is 11.8 Å². The lowest BCUT2D eigenvalue weighted by atomic mass is 10.1. The Hall–Kier alpha value is -1.26. The lowest BCUT2D eigenvalue weighted by Crippen LogP contribution is -2.38. The number of hydrogen-bond donors (Lipinski definition) is 2. The molecule has 0 bridgehead atoms. The van der Waals surface area contributed by atoms with Crippen LogP contribution in [0.5, 0.6) is 0 Å². The maximum Gasteiger partial charge on any atom is 0.243 e. The van der Waals surface area contributed by atoms with Crippen molar-refractivity contribution in [2.24, 2.45) is 5.41 Å². The highest BCUT2D eigenvalue weighted by Crippen LogP contribution is 2.63. The Balaban J connectivity index is 1.94. The zero-order chi connectivity index (χ0) is 16.7. The second kappa shape index (κ2) is 5.74. The van der Waals surface area contributed by atoms with E-state index in [4.69, 9.17) is 23.2 Å². The highest BCUT2D eigenvalue weighted by atomic mass is 35.5. The van der Waals surface area contributed by atoms with E-state index >= 15 is 0 Å². The molecule has 0 aliphatic heterocycles. The van der Waals surface area contributed by atoms with Crippen molar-refractivity contribution in [2.75, 3.05) is 11.9 Å². The topological polar surface area (TPSA) is 58.2 Å². The van der Waals surface area contributed by atoms with Gasteiger partial charge in [0.05, 0.1) is 12.0 Å². The molecule has 1 aromatic carbocycles. The molecule has 6 heteroatoms. The number of nitrogens with one attached hydrogen (secondary N) is 2. The summed E-state index contributed by atoms with van der Waals surface area (Å²) < 4.78 is -1.03. The number of carbonyl (C=O) groups is 2. The molecule has 1 aromatic rings. The molecule has 0 aromatic heterocycles. The Labute approximate surface area is 140 Å². The van der Waals surface area contributed by atoms with Crippen LogP contribution in [-0.2, 0) is 9.59 Å². The molecule has 1 atom stereocenters. The van der Waals surface area contributed by atoms with E-state index in [1.165, 1.54) is 0 Å². The van der Waals surface area contributed by atoms with Crippen LogP contribution >= 0.6 is 23.2 Å². The molecule has 2 rings (SSSR count). The number of hydrogen-bond acceptors (Lipinski definition) is 2. The van der Waals surface area contributed by atoms with Crippen LogP contribution in [0.1, 0.15) is 30.0 Å². The van der Waals surface area contributed by atoms with Gasteiger partial charge in [-0.3, -0.25) is 9.59 Å². The summed E-state index contributed by atoms with van der Waals surface area (Å²) in [7, 11) is 0. The Morgan fingerprint density at radius 3 is 2.14 bits per heavy atom. The molecule has 22 heavy (non-hydrogen) atoms. The van der Waals surface area contributed by atoms with E-state index in [0.717, 1.165) is 22.4 Å². The fraction of sp³-hybridized carbons (Fsp3) is 0.500. The summed E-state index contributed by atoms with van der Waals surface area (Å²) in [6.45, 7) is 7.47. The number of alkyl halides is 2. The number of benzene rings is 1. The van der Waals surface area contributed by atoms with Crippen molar-refractivity contribution in [3.05, 3.63) is 28.8 Å². The van der Waals surface area contributed by atoms with Gasteiger partial charge in [0, 0.05) is 5.69 Å². The monoisotopic (exact) mass is 342 g/mol. The molecule has 0 spiro atoms. The van der Waals surface area contributed by atoms with Crippen LogP contribution in [-0.4, -0.2) is 22.7 Å². The van der Waals surface area contributed by atoms with Gasteiger partial charge in [-0.25, -0.2) is 0 Å². The maximum absolute atomic E-state index is 12.0. The normalized spacial score (nSPS) is 22.1. The molecule has 1 saturated carbocycles. The Morgan fingerprint density at radius 2 is 1.68 bits per heavy atom. The summed E-state index contributed by atoms with van der Waals surface area (Å²) in [5, 5.41) is 5.43. The third kappa shape index (κ3) is 3.23. The van der Waals surface area contributed by atoms with E-state index in [1.54, 1.807) is 6.92 Å². The smallest absolute Gasteiger partial charge is 0.243 e. The molecule has 0 radical (unpaired) electrons. The van der Waals surface area contributed by atoms with Crippen LogP contribution in [0, 0.1) is 26.2 Å². The minimum atomic E-state index is -1.03. The first-order valence-corrected chi connectivity index (χ1v) is 7.86. The summed E-state index contributed by atoms with van der Waals surface area (Å²) in [4.78, 5) is 24.0. The van der Waals surface area contributed by atoms with Crippen LogP contribution in [0.4, 0.5) is 5.69 Å². The zero-order valence-electron chi connectivity index (χ0n) is 13.1. The number of rotatable bonds is 4. The molecule has 2 N–H and O–H groups in total. The summed E-state index contributed by atoms with van der Waals surface area (Å²) in [5.74, 6) is -0.576. The highest BCUT2D eigenvalue weighted by Gasteiger charge is 2.67. The fourth-order valence-electron chi connectivity index (χ4n) is 2.56. The zero-order valence-corrected chi connectivity index (χ0v) is 14.7. The van der Waals surface area contributed by atoms with Crippen molar-refractivity contribution < 1.29 is 9.59 Å². The van der Waals surface area contributed by atoms with Gasteiger partial charge in [0.1, 0.15) is 4.33 Å². The standard InChI is InChI=1S/C16H20Cl2N2O2/c1-9-5-10(2)13(11(3)6-9)20-12(21)7-19-14(22)15(4)8-16(15,17)18/h5-6H,7-8H2,1-4H3,(H,19,22)(H,20,21)/t15-/m1/s1. The summed E-state index contributed by atoms with van der Waals surface area (Å²) in [6.07, 6.45) is 0.396. The number of halogens is 2. The molecule has 0 unspecified atom stereocenters. The lowest BCUT2D eigenvalue weighted by Gasteiger charge is -2.15. The molecule has 1 aliphatic rings. The van der Waals surface area contributed by atoms with E-state index in [9.17, 15) is 9.59 Å². The van der Waals surface area contributed by atoms with Crippen molar-refractivity contribution in [3.63, 3.8) is 0 Å². The largest absolute Gasteiger partial charge is 0.346 e. The molecule has 0 saturated heterocycles. The van der Waals surface area contributed by atoms with Crippen LogP contribution in [0.3, 0.4) is 0 Å². The van der Waals surface area contributed by atoms with Crippen LogP contribution in [0.2, 0.25) is 0 Å². The Morgan fingerprint density at radius 1 is 1.18 bits per heavy atom. The third-order valence-corrected chi connectivity index (χ3v) is 5.21. The number of carbonyl (C=O) groups excluding carboxylic acids is 2. The van der Waals surface area contributed by atoms with Crippen molar-refractivity contribution in [2.45, 2.75) is 38.4 Å².